The van der Waals surface area contributed by atoms with Crippen LogP contribution >= 0.6 is 0 Å². The molecular weight excluding hydrogens is 194 g/mol. The molecule has 5 heteroatoms. The summed E-state index contributed by atoms with van der Waals surface area (Å²) in [6.07, 6.45) is 0. The Morgan fingerprint density at radius 3 is 2.40 bits per heavy atom. The summed E-state index contributed by atoms with van der Waals surface area (Å²) in [4.78, 5) is 6.23. The molecular formula is C10H23N3O2. The van der Waals surface area contributed by atoms with Crippen LogP contribution in [0.2, 0.25) is 0 Å². The summed E-state index contributed by atoms with van der Waals surface area (Å²) in [5.74, 6) is 0.593. The third-order valence-corrected chi connectivity index (χ3v) is 2.03. The second-order valence-corrected chi connectivity index (χ2v) is 3.02. The van der Waals surface area contributed by atoms with E-state index in [9.17, 15) is 0 Å². The average molecular weight is 217 g/mol. The van der Waals surface area contributed by atoms with Crippen molar-refractivity contribution in [3.05, 3.63) is 0 Å². The molecule has 0 radical (unpaired) electrons. The van der Waals surface area contributed by atoms with E-state index in [2.05, 4.69) is 18.8 Å². The third-order valence-electron chi connectivity index (χ3n) is 2.03. The first-order valence-corrected chi connectivity index (χ1v) is 5.37. The van der Waals surface area contributed by atoms with Gasteiger partial charge in [-0.05, 0) is 13.8 Å². The second-order valence-electron chi connectivity index (χ2n) is 3.02. The lowest BCUT2D eigenvalue weighted by Gasteiger charge is -2.19. The molecule has 0 amide bonds. The largest absolute Gasteiger partial charge is 0.382 e. The van der Waals surface area contributed by atoms with Crippen LogP contribution in [-0.4, -0.2) is 57.4 Å². The summed E-state index contributed by atoms with van der Waals surface area (Å²) in [5.41, 5.74) is 5.78. The molecule has 90 valence electrons. The summed E-state index contributed by atoms with van der Waals surface area (Å²) in [6, 6.07) is 0. The minimum atomic E-state index is 0.589. The minimum Gasteiger partial charge on any atom is -0.382 e. The number of ether oxygens (including phenoxy) is 2. The summed E-state index contributed by atoms with van der Waals surface area (Å²) < 4.78 is 10.1. The standard InChI is InChI=1S/C10H23N3O2/c1-4-13(5-2)10(11)12-6-7-15-9-8-14-3/h4-9H2,1-3H3,(H2,11,12). The maximum absolute atomic E-state index is 5.78. The van der Waals surface area contributed by atoms with Crippen molar-refractivity contribution in [3.63, 3.8) is 0 Å². The number of nitrogens with two attached hydrogens (primary N) is 1. The van der Waals surface area contributed by atoms with Gasteiger partial charge in [0, 0.05) is 20.2 Å². The number of hydrogen-bond donors (Lipinski definition) is 1. The molecule has 5 nitrogen and oxygen atoms in total. The lowest BCUT2D eigenvalue weighted by molar-refractivity contribution is 0.0747. The van der Waals surface area contributed by atoms with E-state index in [1.165, 1.54) is 0 Å². The van der Waals surface area contributed by atoms with E-state index in [0.717, 1.165) is 13.1 Å². The van der Waals surface area contributed by atoms with Gasteiger partial charge < -0.3 is 20.1 Å². The molecule has 2 N–H and O–H groups in total. The molecule has 0 aliphatic carbocycles. The molecule has 0 saturated heterocycles. The fraction of sp³-hybridized carbons (Fsp3) is 0.900. The molecule has 0 spiro atoms. The van der Waals surface area contributed by atoms with Crippen LogP contribution in [0.5, 0.6) is 0 Å². The van der Waals surface area contributed by atoms with Crippen molar-refractivity contribution >= 4 is 5.96 Å². The molecule has 0 atom stereocenters. The van der Waals surface area contributed by atoms with E-state index in [1.807, 2.05) is 4.90 Å². The summed E-state index contributed by atoms with van der Waals surface area (Å²) >= 11 is 0. The highest BCUT2D eigenvalue weighted by atomic mass is 16.5. The van der Waals surface area contributed by atoms with E-state index in [0.29, 0.717) is 32.3 Å². The van der Waals surface area contributed by atoms with E-state index < -0.39 is 0 Å². The van der Waals surface area contributed by atoms with Gasteiger partial charge in [-0.2, -0.15) is 0 Å². The van der Waals surface area contributed by atoms with E-state index in [1.54, 1.807) is 7.11 Å². The Bertz CT molecular complexity index is 170. The number of aliphatic imine (C=N–C) groups is 1. The van der Waals surface area contributed by atoms with Crippen molar-refractivity contribution in [2.75, 3.05) is 46.6 Å². The molecule has 0 aromatic rings. The molecule has 0 aromatic carbocycles. The van der Waals surface area contributed by atoms with Gasteiger partial charge in [-0.3, -0.25) is 4.99 Å². The van der Waals surface area contributed by atoms with Gasteiger partial charge in [0.15, 0.2) is 5.96 Å². The first-order valence-electron chi connectivity index (χ1n) is 5.37. The predicted octanol–water partition coefficient (Wildman–Crippen LogP) is 0.306. The average Bonchev–Trinajstić information content (AvgIpc) is 2.25. The Kier molecular flexibility index (Phi) is 9.21. The highest BCUT2D eigenvalue weighted by Crippen LogP contribution is 1.87. The monoisotopic (exact) mass is 217 g/mol. The summed E-state index contributed by atoms with van der Waals surface area (Å²) in [7, 11) is 1.65. The molecule has 0 fully saturated rings. The fourth-order valence-corrected chi connectivity index (χ4v) is 1.12. The maximum atomic E-state index is 5.78. The molecule has 0 aliphatic heterocycles. The van der Waals surface area contributed by atoms with Gasteiger partial charge in [0.05, 0.1) is 26.4 Å². The normalized spacial score (nSPS) is 11.8. The summed E-state index contributed by atoms with van der Waals surface area (Å²) in [6.45, 7) is 8.30. The second kappa shape index (κ2) is 9.73. The van der Waals surface area contributed by atoms with Crippen molar-refractivity contribution in [2.45, 2.75) is 13.8 Å². The number of hydrogen-bond acceptors (Lipinski definition) is 3. The number of rotatable bonds is 8. The lowest BCUT2D eigenvalue weighted by Crippen LogP contribution is -2.37. The highest BCUT2D eigenvalue weighted by molar-refractivity contribution is 5.77. The van der Waals surface area contributed by atoms with Crippen LogP contribution in [0.15, 0.2) is 4.99 Å². The molecule has 0 bridgehead atoms. The topological polar surface area (TPSA) is 60.1 Å². The molecule has 0 aromatic heterocycles. The minimum absolute atomic E-state index is 0.589. The third kappa shape index (κ3) is 7.16. The van der Waals surface area contributed by atoms with Crippen LogP contribution < -0.4 is 5.73 Å². The molecule has 0 saturated carbocycles. The van der Waals surface area contributed by atoms with Crippen LogP contribution in [-0.2, 0) is 9.47 Å². The fourth-order valence-electron chi connectivity index (χ4n) is 1.12. The van der Waals surface area contributed by atoms with E-state index >= 15 is 0 Å². The molecule has 0 unspecified atom stereocenters. The van der Waals surface area contributed by atoms with Crippen LogP contribution in [0.3, 0.4) is 0 Å². The maximum Gasteiger partial charge on any atom is 0.191 e. The van der Waals surface area contributed by atoms with Gasteiger partial charge in [-0.25, -0.2) is 0 Å². The van der Waals surface area contributed by atoms with Crippen LogP contribution in [0.1, 0.15) is 13.8 Å². The van der Waals surface area contributed by atoms with Crippen molar-refractivity contribution in [3.8, 4) is 0 Å². The van der Waals surface area contributed by atoms with Gasteiger partial charge in [0.25, 0.3) is 0 Å². The Morgan fingerprint density at radius 1 is 1.20 bits per heavy atom. The van der Waals surface area contributed by atoms with Crippen molar-refractivity contribution in [1.29, 1.82) is 0 Å². The van der Waals surface area contributed by atoms with E-state index in [4.69, 9.17) is 15.2 Å². The zero-order valence-corrected chi connectivity index (χ0v) is 10.0. The van der Waals surface area contributed by atoms with Crippen molar-refractivity contribution in [2.24, 2.45) is 10.7 Å². The van der Waals surface area contributed by atoms with Gasteiger partial charge in [0.1, 0.15) is 0 Å². The van der Waals surface area contributed by atoms with Crippen molar-refractivity contribution < 1.29 is 9.47 Å². The zero-order valence-electron chi connectivity index (χ0n) is 10.0. The van der Waals surface area contributed by atoms with Crippen LogP contribution in [0.25, 0.3) is 0 Å². The van der Waals surface area contributed by atoms with E-state index in [-0.39, 0.29) is 0 Å². The van der Waals surface area contributed by atoms with Crippen LogP contribution in [0.4, 0.5) is 0 Å². The summed E-state index contributed by atoms with van der Waals surface area (Å²) in [5, 5.41) is 0. The Morgan fingerprint density at radius 2 is 1.87 bits per heavy atom. The molecule has 0 rings (SSSR count). The molecule has 15 heavy (non-hydrogen) atoms. The Hall–Kier alpha value is -0.810. The van der Waals surface area contributed by atoms with Gasteiger partial charge >= 0.3 is 0 Å². The lowest BCUT2D eigenvalue weighted by atomic mass is 10.5. The Labute approximate surface area is 92.2 Å². The first-order chi connectivity index (χ1) is 7.26. The Balaban J connectivity index is 3.57. The smallest absolute Gasteiger partial charge is 0.191 e. The molecule has 0 aliphatic rings. The molecule has 0 heterocycles. The SMILES string of the molecule is CCN(CC)C(N)=NCCOCCOC. The zero-order chi connectivity index (χ0) is 11.5. The first kappa shape index (κ1) is 14.2. The number of nitrogens with zero attached hydrogens (tertiary/aromatic N) is 2. The number of guanidine groups is 1. The quantitative estimate of drug-likeness (QED) is 0.361. The predicted molar refractivity (Wildman–Crippen MR) is 62.1 cm³/mol. The van der Waals surface area contributed by atoms with Crippen LogP contribution in [0, 0.1) is 0 Å². The van der Waals surface area contributed by atoms with Gasteiger partial charge in [-0.15, -0.1) is 0 Å². The number of methoxy groups -OCH3 is 1. The van der Waals surface area contributed by atoms with Gasteiger partial charge in [0.2, 0.25) is 0 Å². The highest BCUT2D eigenvalue weighted by Gasteiger charge is 2.00. The van der Waals surface area contributed by atoms with Crippen molar-refractivity contribution in [1.82, 2.24) is 4.90 Å². The van der Waals surface area contributed by atoms with Gasteiger partial charge in [-0.1, -0.05) is 0 Å².